The smallest absolute Gasteiger partial charge is 0.261 e. The summed E-state index contributed by atoms with van der Waals surface area (Å²) in [6.45, 7) is 3.84. The van der Waals surface area contributed by atoms with Gasteiger partial charge in [-0.25, -0.2) is 0 Å². The highest BCUT2D eigenvalue weighted by Crippen LogP contribution is 2.18. The Morgan fingerprint density at radius 3 is 2.58 bits per heavy atom. The number of amides is 2. The molecule has 1 N–H and O–H groups in total. The van der Waals surface area contributed by atoms with Gasteiger partial charge in [-0.15, -0.1) is 0 Å². The normalized spacial score (nSPS) is 11.5. The molecular weight excluding hydrogens is 352 g/mol. The second-order valence-corrected chi connectivity index (χ2v) is 6.42. The number of rotatable bonds is 7. The van der Waals surface area contributed by atoms with E-state index in [4.69, 9.17) is 16.3 Å². The first kappa shape index (κ1) is 19.8. The summed E-state index contributed by atoms with van der Waals surface area (Å²) >= 11 is 5.93. The van der Waals surface area contributed by atoms with Gasteiger partial charge in [0.25, 0.3) is 5.91 Å². The van der Waals surface area contributed by atoms with Crippen molar-refractivity contribution in [2.24, 2.45) is 0 Å². The zero-order valence-electron chi connectivity index (χ0n) is 15.2. The van der Waals surface area contributed by atoms with E-state index in [0.717, 1.165) is 11.1 Å². The van der Waals surface area contributed by atoms with Crippen molar-refractivity contribution >= 4 is 23.4 Å². The predicted molar refractivity (Wildman–Crippen MR) is 102 cm³/mol. The van der Waals surface area contributed by atoms with Gasteiger partial charge in [-0.1, -0.05) is 41.9 Å². The van der Waals surface area contributed by atoms with Crippen LogP contribution in [0.25, 0.3) is 0 Å². The molecule has 138 valence electrons. The van der Waals surface area contributed by atoms with E-state index in [9.17, 15) is 9.59 Å². The standard InChI is InChI=1S/C20H23ClN2O3/c1-14-7-4-5-8-16(14)12-23(15(2)20(25)22-3)19(24)13-26-18-10-6-9-17(21)11-18/h4-11,15H,12-13H2,1-3H3,(H,22,25)/t15-/m1/s1. The lowest BCUT2D eigenvalue weighted by molar-refractivity contribution is -0.142. The Labute approximate surface area is 158 Å². The minimum Gasteiger partial charge on any atom is -0.484 e. The molecule has 0 saturated carbocycles. The van der Waals surface area contributed by atoms with Gasteiger partial charge in [-0.05, 0) is 43.2 Å². The first-order valence-corrected chi connectivity index (χ1v) is 8.74. The maximum Gasteiger partial charge on any atom is 0.261 e. The van der Waals surface area contributed by atoms with Gasteiger partial charge in [0.05, 0.1) is 0 Å². The predicted octanol–water partition coefficient (Wildman–Crippen LogP) is 3.19. The highest BCUT2D eigenvalue weighted by molar-refractivity contribution is 6.30. The number of carbonyl (C=O) groups excluding carboxylic acids is 2. The molecular formula is C20H23ClN2O3. The molecule has 2 amide bonds. The molecule has 0 unspecified atom stereocenters. The second kappa shape index (κ2) is 9.25. The molecule has 0 aliphatic rings. The van der Waals surface area contributed by atoms with Gasteiger partial charge in [0.1, 0.15) is 11.8 Å². The van der Waals surface area contributed by atoms with Crippen molar-refractivity contribution in [3.63, 3.8) is 0 Å². The highest BCUT2D eigenvalue weighted by Gasteiger charge is 2.26. The summed E-state index contributed by atoms with van der Waals surface area (Å²) in [4.78, 5) is 26.4. The average Bonchev–Trinajstić information content (AvgIpc) is 2.64. The first-order chi connectivity index (χ1) is 12.4. The van der Waals surface area contributed by atoms with E-state index in [1.807, 2.05) is 31.2 Å². The van der Waals surface area contributed by atoms with Gasteiger partial charge < -0.3 is 15.0 Å². The van der Waals surface area contributed by atoms with Crippen molar-refractivity contribution in [3.05, 3.63) is 64.7 Å². The van der Waals surface area contributed by atoms with Crippen LogP contribution in [0.15, 0.2) is 48.5 Å². The summed E-state index contributed by atoms with van der Waals surface area (Å²) in [5, 5.41) is 3.12. The van der Waals surface area contributed by atoms with Crippen LogP contribution in [-0.4, -0.2) is 36.4 Å². The van der Waals surface area contributed by atoms with Crippen molar-refractivity contribution in [1.29, 1.82) is 0 Å². The zero-order chi connectivity index (χ0) is 19.1. The first-order valence-electron chi connectivity index (χ1n) is 8.36. The van der Waals surface area contributed by atoms with Gasteiger partial charge in [-0.2, -0.15) is 0 Å². The van der Waals surface area contributed by atoms with Crippen LogP contribution in [0.2, 0.25) is 5.02 Å². The topological polar surface area (TPSA) is 58.6 Å². The number of hydrogen-bond donors (Lipinski definition) is 1. The van der Waals surface area contributed by atoms with Crippen molar-refractivity contribution < 1.29 is 14.3 Å². The number of aryl methyl sites for hydroxylation is 1. The maximum atomic E-state index is 12.8. The van der Waals surface area contributed by atoms with Crippen LogP contribution in [0.3, 0.4) is 0 Å². The zero-order valence-corrected chi connectivity index (χ0v) is 15.9. The number of benzene rings is 2. The molecule has 26 heavy (non-hydrogen) atoms. The van der Waals surface area contributed by atoms with E-state index >= 15 is 0 Å². The van der Waals surface area contributed by atoms with Crippen molar-refractivity contribution in [1.82, 2.24) is 10.2 Å². The fraction of sp³-hybridized carbons (Fsp3) is 0.300. The number of carbonyl (C=O) groups is 2. The summed E-state index contributed by atoms with van der Waals surface area (Å²) in [7, 11) is 1.55. The van der Waals surface area contributed by atoms with E-state index in [1.54, 1.807) is 38.2 Å². The van der Waals surface area contributed by atoms with Crippen molar-refractivity contribution in [2.45, 2.75) is 26.4 Å². The van der Waals surface area contributed by atoms with E-state index in [-0.39, 0.29) is 18.4 Å². The van der Waals surface area contributed by atoms with Gasteiger partial charge >= 0.3 is 0 Å². The molecule has 1 atom stereocenters. The highest BCUT2D eigenvalue weighted by atomic mass is 35.5. The van der Waals surface area contributed by atoms with Crippen LogP contribution < -0.4 is 10.1 Å². The van der Waals surface area contributed by atoms with E-state index in [1.165, 1.54) is 4.90 Å². The third-order valence-electron chi connectivity index (χ3n) is 4.17. The summed E-state index contributed by atoms with van der Waals surface area (Å²) in [6.07, 6.45) is 0. The molecule has 0 aliphatic heterocycles. The molecule has 0 spiro atoms. The average molecular weight is 375 g/mol. The summed E-state index contributed by atoms with van der Waals surface area (Å²) < 4.78 is 5.55. The van der Waals surface area contributed by atoms with Crippen LogP contribution in [0, 0.1) is 6.92 Å². The van der Waals surface area contributed by atoms with Crippen LogP contribution in [-0.2, 0) is 16.1 Å². The van der Waals surface area contributed by atoms with Gasteiger partial charge in [0.15, 0.2) is 6.61 Å². The van der Waals surface area contributed by atoms with Gasteiger partial charge in [-0.3, -0.25) is 9.59 Å². The Morgan fingerprint density at radius 2 is 1.92 bits per heavy atom. The number of hydrogen-bond acceptors (Lipinski definition) is 3. The Balaban J connectivity index is 2.15. The van der Waals surface area contributed by atoms with Crippen LogP contribution in [0.4, 0.5) is 0 Å². The van der Waals surface area contributed by atoms with Crippen LogP contribution >= 0.6 is 11.6 Å². The number of likely N-dealkylation sites (N-methyl/N-ethyl adjacent to an activating group) is 1. The minimum absolute atomic E-state index is 0.173. The molecule has 2 aromatic carbocycles. The molecule has 2 aromatic rings. The van der Waals surface area contributed by atoms with Gasteiger partial charge in [0.2, 0.25) is 5.91 Å². The second-order valence-electron chi connectivity index (χ2n) is 5.98. The summed E-state index contributed by atoms with van der Waals surface area (Å²) in [6, 6.07) is 14.0. The number of ether oxygens (including phenoxy) is 1. The van der Waals surface area contributed by atoms with E-state index in [2.05, 4.69) is 5.32 Å². The molecule has 0 radical (unpaired) electrons. The Bertz CT molecular complexity index is 779. The maximum absolute atomic E-state index is 12.8. The molecule has 0 aliphatic carbocycles. The third-order valence-corrected chi connectivity index (χ3v) is 4.41. The Morgan fingerprint density at radius 1 is 1.19 bits per heavy atom. The quantitative estimate of drug-likeness (QED) is 0.809. The Hall–Kier alpha value is -2.53. The lowest BCUT2D eigenvalue weighted by atomic mass is 10.1. The molecule has 5 nitrogen and oxygen atoms in total. The lowest BCUT2D eigenvalue weighted by Crippen LogP contribution is -2.48. The summed E-state index contributed by atoms with van der Waals surface area (Å²) in [5.74, 6) is 0.00769. The fourth-order valence-corrected chi connectivity index (χ4v) is 2.73. The minimum atomic E-state index is -0.616. The number of nitrogens with one attached hydrogen (secondary N) is 1. The summed E-state index contributed by atoms with van der Waals surface area (Å²) in [5.41, 5.74) is 2.05. The molecule has 0 saturated heterocycles. The molecule has 0 fully saturated rings. The lowest BCUT2D eigenvalue weighted by Gasteiger charge is -2.28. The van der Waals surface area contributed by atoms with E-state index in [0.29, 0.717) is 17.3 Å². The largest absolute Gasteiger partial charge is 0.484 e. The molecule has 2 rings (SSSR count). The van der Waals surface area contributed by atoms with Crippen LogP contribution in [0.5, 0.6) is 5.75 Å². The Kier molecular flexibility index (Phi) is 7.04. The number of nitrogens with zero attached hydrogens (tertiary/aromatic N) is 1. The van der Waals surface area contributed by atoms with Crippen molar-refractivity contribution in [2.75, 3.05) is 13.7 Å². The molecule has 6 heteroatoms. The van der Waals surface area contributed by atoms with Crippen LogP contribution in [0.1, 0.15) is 18.1 Å². The molecule has 0 bridgehead atoms. The third kappa shape index (κ3) is 5.23. The van der Waals surface area contributed by atoms with Gasteiger partial charge in [0, 0.05) is 18.6 Å². The van der Waals surface area contributed by atoms with Crippen molar-refractivity contribution in [3.8, 4) is 5.75 Å². The molecule has 0 heterocycles. The monoisotopic (exact) mass is 374 g/mol. The molecule has 0 aromatic heterocycles. The van der Waals surface area contributed by atoms with E-state index < -0.39 is 6.04 Å². The fourth-order valence-electron chi connectivity index (χ4n) is 2.55. The number of halogens is 1. The SMILES string of the molecule is CNC(=O)[C@@H](C)N(Cc1ccccc1C)C(=O)COc1cccc(Cl)c1.